The van der Waals surface area contributed by atoms with Crippen LogP contribution in [0, 0.1) is 0 Å². The van der Waals surface area contributed by atoms with Gasteiger partial charge in [0.05, 0.1) is 6.10 Å². The van der Waals surface area contributed by atoms with Crippen LogP contribution in [0.2, 0.25) is 0 Å². The van der Waals surface area contributed by atoms with Gasteiger partial charge in [-0.15, -0.1) is 0 Å². The molecule has 1 aliphatic carbocycles. The smallest absolute Gasteiger partial charge is 0.319 e. The number of hydrogen-bond donors (Lipinski definition) is 0. The van der Waals surface area contributed by atoms with Crippen molar-refractivity contribution in [1.82, 2.24) is 0 Å². The molecule has 1 atom stereocenters. The van der Waals surface area contributed by atoms with Crippen LogP contribution in [0.5, 0.6) is 0 Å². The lowest BCUT2D eigenvalue weighted by atomic mass is 9.94. The summed E-state index contributed by atoms with van der Waals surface area (Å²) in [5.41, 5.74) is 1.03. The van der Waals surface area contributed by atoms with Crippen molar-refractivity contribution in [1.29, 1.82) is 0 Å². The lowest BCUT2D eigenvalue weighted by Gasteiger charge is -2.22. The molecule has 11 heavy (non-hydrogen) atoms. The van der Waals surface area contributed by atoms with Crippen LogP contribution in [0.3, 0.4) is 0 Å². The summed E-state index contributed by atoms with van der Waals surface area (Å²) in [5.74, 6) is 0. The number of rotatable bonds is 2. The maximum absolute atomic E-state index is 11.7. The molecule has 1 saturated carbocycles. The molecule has 0 heterocycles. The van der Waals surface area contributed by atoms with Gasteiger partial charge in [-0.05, 0) is 25.7 Å². The zero-order valence-corrected chi connectivity index (χ0v) is 6.35. The molecule has 3 heteroatoms. The number of halogens is 2. The average molecular weight is 162 g/mol. The maximum Gasteiger partial charge on any atom is 0.345 e. The molecule has 0 aromatic carbocycles. The van der Waals surface area contributed by atoms with Crippen LogP contribution in [-0.2, 0) is 4.74 Å². The van der Waals surface area contributed by atoms with E-state index < -0.39 is 6.61 Å². The summed E-state index contributed by atoms with van der Waals surface area (Å²) in [5, 5.41) is 0. The molecule has 0 aromatic heterocycles. The third-order valence-corrected chi connectivity index (χ3v) is 1.87. The monoisotopic (exact) mass is 162 g/mol. The van der Waals surface area contributed by atoms with Gasteiger partial charge in [-0.25, -0.2) is 0 Å². The molecule has 1 nitrogen and oxygen atoms in total. The van der Waals surface area contributed by atoms with Crippen molar-refractivity contribution < 1.29 is 13.5 Å². The minimum Gasteiger partial charge on any atom is -0.319 e. The highest BCUT2D eigenvalue weighted by Crippen LogP contribution is 2.25. The van der Waals surface area contributed by atoms with Crippen LogP contribution >= 0.6 is 0 Å². The Kier molecular flexibility index (Phi) is 3.00. The Morgan fingerprint density at radius 2 is 2.27 bits per heavy atom. The minimum absolute atomic E-state index is 0.295. The van der Waals surface area contributed by atoms with Crippen LogP contribution in [-0.4, -0.2) is 12.7 Å². The predicted octanol–water partition coefficient (Wildman–Crippen LogP) is 2.72. The first-order valence-corrected chi connectivity index (χ1v) is 3.78. The fraction of sp³-hybridized carbons (Fsp3) is 0.750. The van der Waals surface area contributed by atoms with Crippen molar-refractivity contribution in [3.63, 3.8) is 0 Å². The minimum atomic E-state index is -2.63. The van der Waals surface area contributed by atoms with E-state index in [2.05, 4.69) is 11.3 Å². The molecule has 0 bridgehead atoms. The van der Waals surface area contributed by atoms with E-state index in [1.54, 1.807) is 0 Å². The molecule has 0 aromatic rings. The molecule has 64 valence electrons. The first kappa shape index (κ1) is 8.65. The van der Waals surface area contributed by atoms with Gasteiger partial charge in [0.15, 0.2) is 0 Å². The van der Waals surface area contributed by atoms with Crippen molar-refractivity contribution in [3.05, 3.63) is 12.2 Å². The second kappa shape index (κ2) is 3.81. The molecular formula is C8H12F2O. The van der Waals surface area contributed by atoms with Gasteiger partial charge in [0.1, 0.15) is 0 Å². The lowest BCUT2D eigenvalue weighted by molar-refractivity contribution is -0.165. The van der Waals surface area contributed by atoms with E-state index in [-0.39, 0.29) is 6.10 Å². The Morgan fingerprint density at radius 3 is 2.82 bits per heavy atom. The standard InChI is InChI=1S/C8H12F2O/c1-6-3-2-4-7(5-6)11-8(9)10/h7-8H,1-5H2. The molecule has 1 fully saturated rings. The van der Waals surface area contributed by atoms with Crippen molar-refractivity contribution in [2.75, 3.05) is 0 Å². The molecule has 0 amide bonds. The van der Waals surface area contributed by atoms with Gasteiger partial charge in [0.2, 0.25) is 0 Å². The van der Waals surface area contributed by atoms with Gasteiger partial charge in [-0.1, -0.05) is 12.2 Å². The molecular weight excluding hydrogens is 150 g/mol. The molecule has 0 spiro atoms. The Bertz CT molecular complexity index is 145. The fourth-order valence-electron chi connectivity index (χ4n) is 1.37. The Hall–Kier alpha value is -0.440. The third kappa shape index (κ3) is 2.97. The molecule has 1 rings (SSSR count). The second-order valence-electron chi connectivity index (χ2n) is 2.87. The Balaban J connectivity index is 2.28. The van der Waals surface area contributed by atoms with Crippen LogP contribution in [0.25, 0.3) is 0 Å². The van der Waals surface area contributed by atoms with E-state index in [1.807, 2.05) is 0 Å². The highest BCUT2D eigenvalue weighted by molar-refractivity contribution is 4.99. The van der Waals surface area contributed by atoms with E-state index in [4.69, 9.17) is 0 Å². The average Bonchev–Trinajstić information content (AvgIpc) is 1.85. The van der Waals surface area contributed by atoms with Crippen molar-refractivity contribution in [3.8, 4) is 0 Å². The quantitative estimate of drug-likeness (QED) is 0.567. The summed E-state index contributed by atoms with van der Waals surface area (Å²) in [7, 11) is 0. The second-order valence-corrected chi connectivity index (χ2v) is 2.87. The van der Waals surface area contributed by atoms with Crippen LogP contribution in [0.15, 0.2) is 12.2 Å². The SMILES string of the molecule is C=C1CCCC(OC(F)F)C1. The summed E-state index contributed by atoms with van der Waals surface area (Å²) in [6, 6.07) is 0. The van der Waals surface area contributed by atoms with Crippen molar-refractivity contribution in [2.24, 2.45) is 0 Å². The molecule has 0 aliphatic heterocycles. The van der Waals surface area contributed by atoms with Crippen LogP contribution in [0.1, 0.15) is 25.7 Å². The first-order valence-electron chi connectivity index (χ1n) is 3.78. The van der Waals surface area contributed by atoms with E-state index in [0.29, 0.717) is 6.42 Å². The third-order valence-electron chi connectivity index (χ3n) is 1.87. The summed E-state index contributed by atoms with van der Waals surface area (Å²) < 4.78 is 27.8. The van der Waals surface area contributed by atoms with Gasteiger partial charge < -0.3 is 4.74 Å². The number of alkyl halides is 2. The number of ether oxygens (including phenoxy) is 1. The van der Waals surface area contributed by atoms with Crippen LogP contribution < -0.4 is 0 Å². The molecule has 0 radical (unpaired) electrons. The molecule has 0 saturated heterocycles. The summed E-state index contributed by atoms with van der Waals surface area (Å²) >= 11 is 0. The molecule has 0 N–H and O–H groups in total. The van der Waals surface area contributed by atoms with E-state index in [1.165, 1.54) is 0 Å². The summed E-state index contributed by atoms with van der Waals surface area (Å²) in [4.78, 5) is 0. The highest BCUT2D eigenvalue weighted by atomic mass is 19.3. The predicted molar refractivity (Wildman–Crippen MR) is 38.5 cm³/mol. The van der Waals surface area contributed by atoms with E-state index >= 15 is 0 Å². The van der Waals surface area contributed by atoms with Gasteiger partial charge in [0.25, 0.3) is 0 Å². The zero-order valence-electron chi connectivity index (χ0n) is 6.35. The van der Waals surface area contributed by atoms with Crippen molar-refractivity contribution >= 4 is 0 Å². The largest absolute Gasteiger partial charge is 0.345 e. The highest BCUT2D eigenvalue weighted by Gasteiger charge is 2.19. The van der Waals surface area contributed by atoms with E-state index in [9.17, 15) is 8.78 Å². The topological polar surface area (TPSA) is 9.23 Å². The zero-order chi connectivity index (χ0) is 8.27. The van der Waals surface area contributed by atoms with Crippen LogP contribution in [0.4, 0.5) is 8.78 Å². The molecule has 1 aliphatic rings. The van der Waals surface area contributed by atoms with E-state index in [0.717, 1.165) is 24.8 Å². The summed E-state index contributed by atoms with van der Waals surface area (Å²) in [6.45, 7) is 1.11. The Morgan fingerprint density at radius 1 is 1.55 bits per heavy atom. The van der Waals surface area contributed by atoms with Gasteiger partial charge >= 0.3 is 6.61 Å². The normalized spacial score (nSPS) is 26.1. The Labute approximate surface area is 65.0 Å². The van der Waals surface area contributed by atoms with Gasteiger partial charge in [0, 0.05) is 0 Å². The number of hydrogen-bond acceptors (Lipinski definition) is 1. The fourth-order valence-corrected chi connectivity index (χ4v) is 1.37. The first-order chi connectivity index (χ1) is 5.18. The lowest BCUT2D eigenvalue weighted by Crippen LogP contribution is -2.20. The maximum atomic E-state index is 11.7. The molecule has 1 unspecified atom stereocenters. The van der Waals surface area contributed by atoms with Gasteiger partial charge in [-0.3, -0.25) is 0 Å². The van der Waals surface area contributed by atoms with Crippen molar-refractivity contribution in [2.45, 2.75) is 38.4 Å². The van der Waals surface area contributed by atoms with Gasteiger partial charge in [-0.2, -0.15) is 8.78 Å². The summed E-state index contributed by atoms with van der Waals surface area (Å²) in [6.07, 6.45) is 2.93.